The second kappa shape index (κ2) is 7.30. The van der Waals surface area contributed by atoms with Gasteiger partial charge in [-0.1, -0.05) is 12.1 Å². The van der Waals surface area contributed by atoms with Crippen LogP contribution in [0.15, 0.2) is 29.6 Å². The molecule has 1 aromatic heterocycles. The number of aromatic nitrogens is 1. The topological polar surface area (TPSA) is 102 Å². The Morgan fingerprint density at radius 2 is 2.04 bits per heavy atom. The molecule has 2 N–H and O–H groups in total. The first-order valence-electron chi connectivity index (χ1n) is 7.11. The average Bonchev–Trinajstić information content (AvgIpc) is 3.01. The largest absolute Gasteiger partial charge is 0.331 e. The Morgan fingerprint density at radius 1 is 1.39 bits per heavy atom. The van der Waals surface area contributed by atoms with Crippen molar-refractivity contribution in [1.82, 2.24) is 9.88 Å². The van der Waals surface area contributed by atoms with Crippen molar-refractivity contribution in [1.29, 1.82) is 0 Å². The van der Waals surface area contributed by atoms with E-state index in [2.05, 4.69) is 4.98 Å². The van der Waals surface area contributed by atoms with E-state index in [1.165, 1.54) is 23.5 Å². The minimum atomic E-state index is -0.446. The number of amides is 1. The number of carbonyl (C=O) groups excluding carboxylic acids is 1. The quantitative estimate of drug-likeness (QED) is 0.646. The fourth-order valence-electron chi connectivity index (χ4n) is 2.06. The lowest BCUT2D eigenvalue weighted by Gasteiger charge is -2.26. The molecule has 0 radical (unpaired) electrons. The normalized spacial score (nSPS) is 10.8. The summed E-state index contributed by atoms with van der Waals surface area (Å²) in [6, 6.07) is 6.17. The molecule has 0 fully saturated rings. The van der Waals surface area contributed by atoms with Gasteiger partial charge < -0.3 is 10.6 Å². The van der Waals surface area contributed by atoms with Gasteiger partial charge in [0, 0.05) is 36.6 Å². The summed E-state index contributed by atoms with van der Waals surface area (Å²) in [5.74, 6) is -0.172. The molecular weight excluding hydrogens is 316 g/mol. The van der Waals surface area contributed by atoms with E-state index >= 15 is 0 Å². The first kappa shape index (κ1) is 17.0. The minimum absolute atomic E-state index is 0.0271. The fraction of sp³-hybridized carbons (Fsp3) is 0.333. The molecule has 2 aromatic rings. The second-order valence-corrected chi connectivity index (χ2v) is 6.22. The molecule has 8 heteroatoms. The Bertz CT molecular complexity index is 697. The monoisotopic (exact) mass is 334 g/mol. The predicted molar refractivity (Wildman–Crippen MR) is 88.1 cm³/mol. The fourth-order valence-corrected chi connectivity index (χ4v) is 2.71. The summed E-state index contributed by atoms with van der Waals surface area (Å²) in [7, 11) is 0. The zero-order valence-corrected chi connectivity index (χ0v) is 13.7. The van der Waals surface area contributed by atoms with Gasteiger partial charge in [0.1, 0.15) is 10.7 Å². The maximum absolute atomic E-state index is 12.6. The number of carbonyl (C=O) groups is 1. The number of non-ortho nitro benzene ring substituents is 1. The van der Waals surface area contributed by atoms with Crippen LogP contribution in [-0.2, 0) is 13.1 Å². The SMILES string of the molecule is CC(C)N(Cc1ccc([N+](=O)[O-])cc1)C(=O)c1csc(CN)n1. The Hall–Kier alpha value is -2.32. The molecule has 0 aliphatic carbocycles. The molecule has 1 aromatic carbocycles. The highest BCUT2D eigenvalue weighted by atomic mass is 32.1. The standard InChI is InChI=1S/C15H18N4O3S/c1-10(2)18(15(20)13-9-23-14(7-16)17-13)8-11-3-5-12(6-4-11)19(21)22/h3-6,9-10H,7-8,16H2,1-2H3. The molecule has 2 rings (SSSR count). The molecule has 23 heavy (non-hydrogen) atoms. The van der Waals surface area contributed by atoms with E-state index in [4.69, 9.17) is 5.73 Å². The predicted octanol–water partition coefficient (Wildman–Crippen LogP) is 2.56. The van der Waals surface area contributed by atoms with Gasteiger partial charge in [-0.3, -0.25) is 14.9 Å². The molecule has 0 aliphatic rings. The summed E-state index contributed by atoms with van der Waals surface area (Å²) in [5, 5.41) is 13.1. The molecule has 1 amide bonds. The van der Waals surface area contributed by atoms with E-state index < -0.39 is 4.92 Å². The van der Waals surface area contributed by atoms with Crippen molar-refractivity contribution in [3.63, 3.8) is 0 Å². The smallest absolute Gasteiger partial charge is 0.273 e. The van der Waals surface area contributed by atoms with Gasteiger partial charge in [-0.2, -0.15) is 0 Å². The third-order valence-corrected chi connectivity index (χ3v) is 4.20. The Morgan fingerprint density at radius 3 is 2.52 bits per heavy atom. The van der Waals surface area contributed by atoms with Crippen molar-refractivity contribution in [2.24, 2.45) is 5.73 Å². The van der Waals surface area contributed by atoms with Crippen LogP contribution in [0.3, 0.4) is 0 Å². The van der Waals surface area contributed by atoms with E-state index in [-0.39, 0.29) is 17.6 Å². The van der Waals surface area contributed by atoms with Crippen molar-refractivity contribution in [2.45, 2.75) is 33.0 Å². The number of benzene rings is 1. The molecule has 122 valence electrons. The third-order valence-electron chi connectivity index (χ3n) is 3.33. The van der Waals surface area contributed by atoms with E-state index in [0.717, 1.165) is 5.56 Å². The number of nitro benzene ring substituents is 1. The lowest BCUT2D eigenvalue weighted by Crippen LogP contribution is -2.36. The van der Waals surface area contributed by atoms with Gasteiger partial charge in [0.2, 0.25) is 0 Å². The van der Waals surface area contributed by atoms with Crippen LogP contribution in [-0.4, -0.2) is 26.8 Å². The van der Waals surface area contributed by atoms with Gasteiger partial charge >= 0.3 is 0 Å². The van der Waals surface area contributed by atoms with Crippen LogP contribution in [0.2, 0.25) is 0 Å². The number of hydrogen-bond donors (Lipinski definition) is 1. The number of nitrogens with zero attached hydrogens (tertiary/aromatic N) is 3. The first-order valence-corrected chi connectivity index (χ1v) is 7.99. The van der Waals surface area contributed by atoms with Crippen LogP contribution in [0.5, 0.6) is 0 Å². The summed E-state index contributed by atoms with van der Waals surface area (Å²) in [4.78, 5) is 28.8. The zero-order valence-electron chi connectivity index (χ0n) is 12.9. The zero-order chi connectivity index (χ0) is 17.0. The summed E-state index contributed by atoms with van der Waals surface area (Å²) < 4.78 is 0. The summed E-state index contributed by atoms with van der Waals surface area (Å²) in [6.45, 7) is 4.50. The van der Waals surface area contributed by atoms with E-state index in [1.807, 2.05) is 13.8 Å². The summed E-state index contributed by atoms with van der Waals surface area (Å²) in [6.07, 6.45) is 0. The van der Waals surface area contributed by atoms with Gasteiger partial charge in [-0.25, -0.2) is 4.98 Å². The maximum atomic E-state index is 12.6. The Kier molecular flexibility index (Phi) is 5.41. The highest BCUT2D eigenvalue weighted by molar-refractivity contribution is 7.09. The Balaban J connectivity index is 2.17. The van der Waals surface area contributed by atoms with Crippen molar-refractivity contribution >= 4 is 22.9 Å². The molecule has 0 spiro atoms. The molecular formula is C15H18N4O3S. The van der Waals surface area contributed by atoms with E-state index in [0.29, 0.717) is 23.8 Å². The maximum Gasteiger partial charge on any atom is 0.273 e. The Labute approximate surface area is 137 Å². The van der Waals surface area contributed by atoms with E-state index in [1.54, 1.807) is 22.4 Å². The van der Waals surface area contributed by atoms with Crippen molar-refractivity contribution in [3.8, 4) is 0 Å². The van der Waals surface area contributed by atoms with Crippen LogP contribution in [0.25, 0.3) is 0 Å². The molecule has 0 saturated carbocycles. The second-order valence-electron chi connectivity index (χ2n) is 5.28. The minimum Gasteiger partial charge on any atom is -0.331 e. The number of hydrogen-bond acceptors (Lipinski definition) is 6. The number of rotatable bonds is 6. The van der Waals surface area contributed by atoms with Gasteiger partial charge in [0.05, 0.1) is 4.92 Å². The summed E-state index contributed by atoms with van der Waals surface area (Å²) >= 11 is 1.36. The van der Waals surface area contributed by atoms with Crippen LogP contribution in [0.4, 0.5) is 5.69 Å². The molecule has 1 heterocycles. The number of thiazole rings is 1. The molecule has 7 nitrogen and oxygen atoms in total. The van der Waals surface area contributed by atoms with Gasteiger partial charge in [-0.05, 0) is 19.4 Å². The van der Waals surface area contributed by atoms with Crippen LogP contribution < -0.4 is 5.73 Å². The highest BCUT2D eigenvalue weighted by Gasteiger charge is 2.21. The van der Waals surface area contributed by atoms with E-state index in [9.17, 15) is 14.9 Å². The van der Waals surface area contributed by atoms with Crippen LogP contribution in [0, 0.1) is 10.1 Å². The lowest BCUT2D eigenvalue weighted by atomic mass is 10.1. The highest BCUT2D eigenvalue weighted by Crippen LogP contribution is 2.18. The lowest BCUT2D eigenvalue weighted by molar-refractivity contribution is -0.384. The van der Waals surface area contributed by atoms with Gasteiger partial charge in [0.25, 0.3) is 11.6 Å². The van der Waals surface area contributed by atoms with Gasteiger partial charge in [-0.15, -0.1) is 11.3 Å². The number of nitrogens with two attached hydrogens (primary N) is 1. The van der Waals surface area contributed by atoms with Crippen LogP contribution in [0.1, 0.15) is 34.9 Å². The summed E-state index contributed by atoms with van der Waals surface area (Å²) in [5.41, 5.74) is 6.77. The molecule has 0 unspecified atom stereocenters. The molecule has 0 bridgehead atoms. The third kappa shape index (κ3) is 4.11. The van der Waals surface area contributed by atoms with Gasteiger partial charge in [0.15, 0.2) is 0 Å². The molecule has 0 aliphatic heterocycles. The van der Waals surface area contributed by atoms with Crippen molar-refractivity contribution < 1.29 is 9.72 Å². The molecule has 0 atom stereocenters. The average molecular weight is 334 g/mol. The van der Waals surface area contributed by atoms with Crippen LogP contribution >= 0.6 is 11.3 Å². The first-order chi connectivity index (χ1) is 10.9. The van der Waals surface area contributed by atoms with Crippen molar-refractivity contribution in [2.75, 3.05) is 0 Å². The number of nitro groups is 1. The molecule has 0 saturated heterocycles. The van der Waals surface area contributed by atoms with Crippen molar-refractivity contribution in [3.05, 3.63) is 56.0 Å².